The van der Waals surface area contributed by atoms with Gasteiger partial charge in [-0.25, -0.2) is 4.90 Å². The van der Waals surface area contributed by atoms with E-state index < -0.39 is 17.4 Å². The molecule has 3 aromatic carbocycles. The van der Waals surface area contributed by atoms with Gasteiger partial charge in [-0.3, -0.25) is 19.3 Å². The normalized spacial score (nSPS) is 29.7. The Morgan fingerprint density at radius 1 is 0.971 bits per heavy atom. The maximum absolute atomic E-state index is 14.2. The van der Waals surface area contributed by atoms with Crippen LogP contribution in [0.3, 0.4) is 0 Å². The Morgan fingerprint density at radius 3 is 2.62 bits per heavy atom. The number of nitrogens with zero attached hydrogens (tertiary/aromatic N) is 2. The van der Waals surface area contributed by atoms with E-state index in [0.29, 0.717) is 5.69 Å². The van der Waals surface area contributed by atoms with Gasteiger partial charge >= 0.3 is 0 Å². The highest BCUT2D eigenvalue weighted by Crippen LogP contribution is 2.61. The van der Waals surface area contributed by atoms with E-state index in [9.17, 15) is 14.4 Å². The van der Waals surface area contributed by atoms with Gasteiger partial charge in [0, 0.05) is 22.7 Å². The SMILES string of the molecule is CCc1cccc2c1NC(=O)[C@]21[C@@H]2C(=O)N(c3cccc4ccccc34)C(=O)[C@@H]2[C@@H]2CCCN21. The van der Waals surface area contributed by atoms with Crippen LogP contribution in [0.2, 0.25) is 0 Å². The number of imide groups is 1. The van der Waals surface area contributed by atoms with Crippen molar-refractivity contribution in [3.05, 3.63) is 71.8 Å². The van der Waals surface area contributed by atoms with Gasteiger partial charge < -0.3 is 5.32 Å². The number of aryl methyl sites for hydroxylation is 1. The summed E-state index contributed by atoms with van der Waals surface area (Å²) in [6.07, 6.45) is 2.52. The number of para-hydroxylation sites is 1. The molecule has 0 radical (unpaired) electrons. The molecule has 0 bridgehead atoms. The molecular weight excluding hydrogens is 426 g/mol. The number of amides is 3. The van der Waals surface area contributed by atoms with Crippen molar-refractivity contribution in [1.29, 1.82) is 0 Å². The molecule has 6 nitrogen and oxygen atoms in total. The number of carbonyl (C=O) groups excluding carboxylic acids is 3. The second-order valence-corrected chi connectivity index (χ2v) is 9.83. The Morgan fingerprint density at radius 2 is 1.76 bits per heavy atom. The second kappa shape index (κ2) is 6.76. The number of benzene rings is 3. The van der Waals surface area contributed by atoms with Crippen LogP contribution in [0.15, 0.2) is 60.7 Å². The third-order valence-electron chi connectivity index (χ3n) is 8.50. The highest BCUT2D eigenvalue weighted by atomic mass is 16.2. The molecule has 0 saturated carbocycles. The van der Waals surface area contributed by atoms with Crippen molar-refractivity contribution in [1.82, 2.24) is 4.90 Å². The first-order valence-corrected chi connectivity index (χ1v) is 12.1. The van der Waals surface area contributed by atoms with Crippen LogP contribution in [-0.2, 0) is 26.3 Å². The van der Waals surface area contributed by atoms with E-state index >= 15 is 0 Å². The first kappa shape index (κ1) is 19.9. The topological polar surface area (TPSA) is 69.7 Å². The van der Waals surface area contributed by atoms with Gasteiger partial charge in [-0.1, -0.05) is 61.5 Å². The summed E-state index contributed by atoms with van der Waals surface area (Å²) in [6.45, 7) is 2.78. The number of nitrogens with one attached hydrogen (secondary N) is 1. The predicted molar refractivity (Wildman–Crippen MR) is 129 cm³/mol. The lowest BCUT2D eigenvalue weighted by Gasteiger charge is -2.36. The molecule has 4 atom stereocenters. The Balaban J connectivity index is 1.45. The summed E-state index contributed by atoms with van der Waals surface area (Å²) in [6, 6.07) is 19.4. The van der Waals surface area contributed by atoms with Crippen molar-refractivity contribution >= 4 is 39.9 Å². The molecule has 3 saturated heterocycles. The smallest absolute Gasteiger partial charge is 0.250 e. The maximum atomic E-state index is 14.2. The van der Waals surface area contributed by atoms with Gasteiger partial charge in [0.2, 0.25) is 17.7 Å². The molecule has 34 heavy (non-hydrogen) atoms. The zero-order valence-corrected chi connectivity index (χ0v) is 19.0. The molecule has 0 aromatic heterocycles. The summed E-state index contributed by atoms with van der Waals surface area (Å²) in [7, 11) is 0. The van der Waals surface area contributed by atoms with Gasteiger partial charge in [0.15, 0.2) is 0 Å². The second-order valence-electron chi connectivity index (χ2n) is 9.83. The van der Waals surface area contributed by atoms with Crippen LogP contribution in [0.1, 0.15) is 30.9 Å². The van der Waals surface area contributed by atoms with Crippen LogP contribution < -0.4 is 10.2 Å². The van der Waals surface area contributed by atoms with E-state index in [1.807, 2.05) is 60.7 Å². The van der Waals surface area contributed by atoms with Gasteiger partial charge in [-0.15, -0.1) is 0 Å². The van der Waals surface area contributed by atoms with Crippen molar-refractivity contribution in [3.63, 3.8) is 0 Å². The van der Waals surface area contributed by atoms with Crippen molar-refractivity contribution in [2.75, 3.05) is 16.8 Å². The van der Waals surface area contributed by atoms with Crippen LogP contribution in [-0.4, -0.2) is 35.2 Å². The summed E-state index contributed by atoms with van der Waals surface area (Å²) in [4.78, 5) is 45.7. The van der Waals surface area contributed by atoms with Crippen LogP contribution in [0.25, 0.3) is 10.8 Å². The van der Waals surface area contributed by atoms with Gasteiger partial charge in [-0.2, -0.15) is 0 Å². The molecule has 1 spiro atoms. The zero-order chi connectivity index (χ0) is 23.2. The predicted octanol–water partition coefficient (Wildman–Crippen LogP) is 3.83. The molecule has 3 amide bonds. The van der Waals surface area contributed by atoms with E-state index in [-0.39, 0.29) is 23.8 Å². The van der Waals surface area contributed by atoms with E-state index in [1.54, 1.807) is 0 Å². The fourth-order valence-electron chi connectivity index (χ4n) is 7.23. The van der Waals surface area contributed by atoms with Gasteiger partial charge in [-0.05, 0) is 42.8 Å². The Hall–Kier alpha value is -3.51. The maximum Gasteiger partial charge on any atom is 0.250 e. The molecule has 6 heteroatoms. The van der Waals surface area contributed by atoms with E-state index in [4.69, 9.17) is 0 Å². The minimum absolute atomic E-state index is 0.108. The lowest BCUT2D eigenvalue weighted by Crippen LogP contribution is -2.54. The number of anilines is 2. The lowest BCUT2D eigenvalue weighted by molar-refractivity contribution is -0.135. The first-order chi connectivity index (χ1) is 16.6. The number of hydrogen-bond donors (Lipinski definition) is 1. The average Bonchev–Trinajstić information content (AvgIpc) is 3.57. The minimum atomic E-state index is -1.13. The Bertz CT molecular complexity index is 1410. The number of carbonyl (C=O) groups is 3. The summed E-state index contributed by atoms with van der Waals surface area (Å²) in [5.41, 5.74) is 2.23. The molecule has 7 rings (SSSR count). The zero-order valence-electron chi connectivity index (χ0n) is 19.0. The first-order valence-electron chi connectivity index (χ1n) is 12.1. The quantitative estimate of drug-likeness (QED) is 0.602. The van der Waals surface area contributed by atoms with Crippen LogP contribution in [0, 0.1) is 11.8 Å². The molecule has 3 fully saturated rings. The highest BCUT2D eigenvalue weighted by molar-refractivity contribution is 6.28. The van der Waals surface area contributed by atoms with E-state index in [0.717, 1.165) is 53.4 Å². The highest BCUT2D eigenvalue weighted by Gasteiger charge is 2.74. The Kier molecular flexibility index (Phi) is 3.96. The standard InChI is InChI=1S/C28H25N3O3/c1-2-16-9-5-12-19-24(16)29-27(34)28(19)23-22(21-14-7-15-30(21)28)25(32)31(26(23)33)20-13-6-10-17-8-3-4-11-18(17)20/h3-6,8-13,21-23H,2,7,14-15H2,1H3,(H,29,34)/t21-,22+,23-,28+/m0/s1. The molecule has 4 aliphatic heterocycles. The third kappa shape index (κ3) is 2.18. The molecule has 3 aromatic rings. The number of hydrogen-bond acceptors (Lipinski definition) is 4. The summed E-state index contributed by atoms with van der Waals surface area (Å²) < 4.78 is 0. The van der Waals surface area contributed by atoms with Crippen molar-refractivity contribution in [2.45, 2.75) is 37.8 Å². The summed E-state index contributed by atoms with van der Waals surface area (Å²) in [5.74, 6) is -1.84. The third-order valence-corrected chi connectivity index (χ3v) is 8.50. The van der Waals surface area contributed by atoms with Crippen LogP contribution in [0.5, 0.6) is 0 Å². The fraction of sp³-hybridized carbons (Fsp3) is 0.321. The summed E-state index contributed by atoms with van der Waals surface area (Å²) >= 11 is 0. The van der Waals surface area contributed by atoms with E-state index in [2.05, 4.69) is 17.1 Å². The molecule has 4 heterocycles. The lowest BCUT2D eigenvalue weighted by atomic mass is 9.75. The molecular formula is C28H25N3O3. The number of fused-ring (bicyclic) bond motifs is 8. The van der Waals surface area contributed by atoms with Crippen LogP contribution in [0.4, 0.5) is 11.4 Å². The van der Waals surface area contributed by atoms with Gasteiger partial charge in [0.05, 0.1) is 17.5 Å². The van der Waals surface area contributed by atoms with Gasteiger partial charge in [0.1, 0.15) is 5.54 Å². The average molecular weight is 452 g/mol. The monoisotopic (exact) mass is 451 g/mol. The molecule has 0 unspecified atom stereocenters. The number of rotatable bonds is 2. The van der Waals surface area contributed by atoms with E-state index in [1.165, 1.54) is 4.90 Å². The molecule has 0 aliphatic carbocycles. The fourth-order valence-corrected chi connectivity index (χ4v) is 7.23. The molecule has 4 aliphatic rings. The van der Waals surface area contributed by atoms with Crippen molar-refractivity contribution in [2.24, 2.45) is 11.8 Å². The Labute approximate surface area is 197 Å². The van der Waals surface area contributed by atoms with Gasteiger partial charge in [0.25, 0.3) is 0 Å². The summed E-state index contributed by atoms with van der Waals surface area (Å²) in [5, 5.41) is 4.98. The van der Waals surface area contributed by atoms with Crippen molar-refractivity contribution < 1.29 is 14.4 Å². The molecule has 1 N–H and O–H groups in total. The van der Waals surface area contributed by atoms with Crippen LogP contribution >= 0.6 is 0 Å². The molecule has 170 valence electrons. The largest absolute Gasteiger partial charge is 0.324 e. The minimum Gasteiger partial charge on any atom is -0.324 e. The van der Waals surface area contributed by atoms with Crippen molar-refractivity contribution in [3.8, 4) is 0 Å².